The highest BCUT2D eigenvalue weighted by atomic mass is 16.1. The van der Waals surface area contributed by atoms with Gasteiger partial charge in [0.05, 0.1) is 0 Å². The zero-order chi connectivity index (χ0) is 14.3. The minimum atomic E-state index is -0.353. The summed E-state index contributed by atoms with van der Waals surface area (Å²) in [6.45, 7) is 6.32. The van der Waals surface area contributed by atoms with Crippen molar-refractivity contribution in [3.8, 4) is 6.07 Å². The number of nitrogens with zero attached hydrogens (tertiary/aromatic N) is 1. The normalized spacial score (nSPS) is 11.0. The third kappa shape index (κ3) is 5.26. The van der Waals surface area contributed by atoms with E-state index in [-0.39, 0.29) is 17.5 Å². The van der Waals surface area contributed by atoms with Crippen LogP contribution in [0.5, 0.6) is 0 Å². The number of benzene rings is 1. The summed E-state index contributed by atoms with van der Waals surface area (Å²) in [6.07, 6.45) is 1.46. The highest BCUT2D eigenvalue weighted by Gasteiger charge is 2.09. The van der Waals surface area contributed by atoms with Crippen LogP contribution >= 0.6 is 0 Å². The summed E-state index contributed by atoms with van der Waals surface area (Å²) in [5.74, 6) is -0.353. The zero-order valence-corrected chi connectivity index (χ0v) is 11.5. The molecule has 1 aromatic carbocycles. The van der Waals surface area contributed by atoms with Gasteiger partial charge in [-0.25, -0.2) is 0 Å². The molecule has 0 bridgehead atoms. The third-order valence-corrected chi connectivity index (χ3v) is 2.42. The van der Waals surface area contributed by atoms with Crippen LogP contribution in [0.1, 0.15) is 25.0 Å². The molecule has 19 heavy (non-hydrogen) atoms. The number of hydrogen-bond acceptors (Lipinski definition) is 3. The molecule has 0 atom stereocenters. The summed E-state index contributed by atoms with van der Waals surface area (Å²) in [7, 11) is 0. The van der Waals surface area contributed by atoms with Crippen molar-refractivity contribution in [2.45, 2.75) is 33.4 Å². The lowest BCUT2D eigenvalue weighted by Gasteiger charge is -2.07. The summed E-state index contributed by atoms with van der Waals surface area (Å²) >= 11 is 0. The molecule has 0 aliphatic rings. The first kappa shape index (κ1) is 14.8. The number of amides is 1. The van der Waals surface area contributed by atoms with E-state index >= 15 is 0 Å². The van der Waals surface area contributed by atoms with E-state index in [0.29, 0.717) is 6.54 Å². The SMILES string of the molecule is Cc1cccc(CN/C=C(/C#N)C(=O)NC(C)C)c1. The number of nitriles is 1. The van der Waals surface area contributed by atoms with Gasteiger partial charge in [0.1, 0.15) is 11.6 Å². The van der Waals surface area contributed by atoms with E-state index in [1.165, 1.54) is 11.8 Å². The van der Waals surface area contributed by atoms with Crippen molar-refractivity contribution in [1.82, 2.24) is 10.6 Å². The Kier molecular flexibility index (Phi) is 5.62. The van der Waals surface area contributed by atoms with Crippen molar-refractivity contribution in [1.29, 1.82) is 5.26 Å². The molecule has 100 valence electrons. The molecule has 4 nitrogen and oxygen atoms in total. The van der Waals surface area contributed by atoms with Crippen LogP contribution in [-0.2, 0) is 11.3 Å². The lowest BCUT2D eigenvalue weighted by atomic mass is 10.1. The van der Waals surface area contributed by atoms with Crippen LogP contribution in [0.4, 0.5) is 0 Å². The Bertz CT molecular complexity index is 512. The Hall–Kier alpha value is -2.28. The number of hydrogen-bond donors (Lipinski definition) is 2. The second-order valence-electron chi connectivity index (χ2n) is 4.67. The molecule has 1 amide bonds. The van der Waals surface area contributed by atoms with Crippen LogP contribution in [0.3, 0.4) is 0 Å². The van der Waals surface area contributed by atoms with E-state index in [1.54, 1.807) is 0 Å². The maximum absolute atomic E-state index is 11.6. The molecule has 1 aromatic rings. The fraction of sp³-hybridized carbons (Fsp3) is 0.333. The van der Waals surface area contributed by atoms with Gasteiger partial charge in [-0.2, -0.15) is 5.26 Å². The Labute approximate surface area is 114 Å². The van der Waals surface area contributed by atoms with Gasteiger partial charge in [0.25, 0.3) is 5.91 Å². The van der Waals surface area contributed by atoms with Crippen LogP contribution in [-0.4, -0.2) is 11.9 Å². The first-order valence-corrected chi connectivity index (χ1v) is 6.23. The smallest absolute Gasteiger partial charge is 0.263 e. The maximum atomic E-state index is 11.6. The van der Waals surface area contributed by atoms with Gasteiger partial charge in [0.15, 0.2) is 0 Å². The number of carbonyl (C=O) groups is 1. The zero-order valence-electron chi connectivity index (χ0n) is 11.5. The molecule has 4 heteroatoms. The Morgan fingerprint density at radius 1 is 1.47 bits per heavy atom. The second kappa shape index (κ2) is 7.22. The molecule has 0 unspecified atom stereocenters. The standard InChI is InChI=1S/C15H19N3O/c1-11(2)18-15(19)14(8-16)10-17-9-13-6-4-5-12(3)7-13/h4-7,10-11,17H,9H2,1-3H3,(H,18,19)/b14-10-. The van der Waals surface area contributed by atoms with E-state index in [1.807, 2.05) is 45.0 Å². The average Bonchev–Trinajstić information content (AvgIpc) is 2.33. The maximum Gasteiger partial charge on any atom is 0.263 e. The molecular weight excluding hydrogens is 238 g/mol. The molecule has 0 spiro atoms. The number of aryl methyl sites for hydroxylation is 1. The molecule has 0 saturated heterocycles. The lowest BCUT2D eigenvalue weighted by molar-refractivity contribution is -0.117. The van der Waals surface area contributed by atoms with E-state index in [0.717, 1.165) is 5.56 Å². The summed E-state index contributed by atoms with van der Waals surface area (Å²) in [6, 6.07) is 9.96. The molecular formula is C15H19N3O. The lowest BCUT2D eigenvalue weighted by Crippen LogP contribution is -2.31. The number of rotatable bonds is 5. The molecule has 0 aliphatic carbocycles. The summed E-state index contributed by atoms with van der Waals surface area (Å²) in [5, 5.41) is 14.6. The second-order valence-corrected chi connectivity index (χ2v) is 4.67. The number of carbonyl (C=O) groups excluding carboxylic acids is 1. The van der Waals surface area contributed by atoms with Gasteiger partial charge in [-0.1, -0.05) is 29.8 Å². The Morgan fingerprint density at radius 2 is 2.21 bits per heavy atom. The Morgan fingerprint density at radius 3 is 2.79 bits per heavy atom. The van der Waals surface area contributed by atoms with Gasteiger partial charge in [-0.05, 0) is 26.3 Å². The van der Waals surface area contributed by atoms with Gasteiger partial charge in [-0.15, -0.1) is 0 Å². The fourth-order valence-electron chi connectivity index (χ4n) is 1.58. The van der Waals surface area contributed by atoms with Crippen LogP contribution in [0.2, 0.25) is 0 Å². The minimum Gasteiger partial charge on any atom is -0.386 e. The Balaban J connectivity index is 2.59. The molecule has 0 aromatic heterocycles. The van der Waals surface area contributed by atoms with Crippen molar-refractivity contribution in [3.63, 3.8) is 0 Å². The predicted molar refractivity (Wildman–Crippen MR) is 75.0 cm³/mol. The fourth-order valence-corrected chi connectivity index (χ4v) is 1.58. The largest absolute Gasteiger partial charge is 0.386 e. The van der Waals surface area contributed by atoms with E-state index in [4.69, 9.17) is 5.26 Å². The van der Waals surface area contributed by atoms with Crippen LogP contribution in [0.25, 0.3) is 0 Å². The van der Waals surface area contributed by atoms with Gasteiger partial charge in [0, 0.05) is 18.8 Å². The van der Waals surface area contributed by atoms with Crippen molar-refractivity contribution >= 4 is 5.91 Å². The molecule has 0 fully saturated rings. The molecule has 0 aliphatic heterocycles. The average molecular weight is 257 g/mol. The van der Waals surface area contributed by atoms with Crippen LogP contribution in [0, 0.1) is 18.3 Å². The third-order valence-electron chi connectivity index (χ3n) is 2.42. The quantitative estimate of drug-likeness (QED) is 0.626. The van der Waals surface area contributed by atoms with E-state index in [2.05, 4.69) is 16.7 Å². The van der Waals surface area contributed by atoms with Gasteiger partial charge >= 0.3 is 0 Å². The van der Waals surface area contributed by atoms with Crippen molar-refractivity contribution < 1.29 is 4.79 Å². The van der Waals surface area contributed by atoms with Crippen molar-refractivity contribution in [3.05, 3.63) is 47.2 Å². The molecule has 1 rings (SSSR count). The van der Waals surface area contributed by atoms with Gasteiger partial charge in [-0.3, -0.25) is 4.79 Å². The molecule has 0 saturated carbocycles. The highest BCUT2D eigenvalue weighted by Crippen LogP contribution is 2.03. The summed E-state index contributed by atoms with van der Waals surface area (Å²) in [4.78, 5) is 11.6. The first-order chi connectivity index (χ1) is 9.02. The first-order valence-electron chi connectivity index (χ1n) is 6.23. The van der Waals surface area contributed by atoms with Gasteiger partial charge < -0.3 is 10.6 Å². The summed E-state index contributed by atoms with van der Waals surface area (Å²) < 4.78 is 0. The van der Waals surface area contributed by atoms with Crippen LogP contribution < -0.4 is 10.6 Å². The molecule has 0 radical (unpaired) electrons. The molecule has 0 heterocycles. The highest BCUT2D eigenvalue weighted by molar-refractivity contribution is 5.97. The van der Waals surface area contributed by atoms with E-state index < -0.39 is 0 Å². The minimum absolute atomic E-state index is 0.0148. The monoisotopic (exact) mass is 257 g/mol. The van der Waals surface area contributed by atoms with Crippen LogP contribution in [0.15, 0.2) is 36.0 Å². The van der Waals surface area contributed by atoms with Gasteiger partial charge in [0.2, 0.25) is 0 Å². The predicted octanol–water partition coefficient (Wildman–Crippen LogP) is 2.02. The van der Waals surface area contributed by atoms with E-state index in [9.17, 15) is 4.79 Å². The topological polar surface area (TPSA) is 64.9 Å². The molecule has 2 N–H and O–H groups in total. The van der Waals surface area contributed by atoms with Crippen molar-refractivity contribution in [2.75, 3.05) is 0 Å². The summed E-state index contributed by atoms with van der Waals surface area (Å²) in [5.41, 5.74) is 2.38. The number of nitrogens with one attached hydrogen (secondary N) is 2. The van der Waals surface area contributed by atoms with Crippen molar-refractivity contribution in [2.24, 2.45) is 0 Å².